The fourth-order valence-corrected chi connectivity index (χ4v) is 4.73. The smallest absolute Gasteiger partial charge is 0.342 e. The van der Waals surface area contributed by atoms with Crippen molar-refractivity contribution in [3.8, 4) is 5.75 Å². The van der Waals surface area contributed by atoms with Crippen LogP contribution in [0.4, 0.5) is 5.82 Å². The van der Waals surface area contributed by atoms with Crippen LogP contribution in [-0.2, 0) is 17.9 Å². The molecule has 1 fully saturated rings. The van der Waals surface area contributed by atoms with Crippen LogP contribution in [0.1, 0.15) is 35.3 Å². The third kappa shape index (κ3) is 6.09. The number of pyridine rings is 1. The molecule has 37 heavy (non-hydrogen) atoms. The standard InChI is InChI=1S/C31H33N3O3/c1-23(2)37-31(35)29-11-6-16-32-30(29)34-19-17-33(18-20-34)21-24-12-14-27(15-13-24)36-22-26-9-5-8-25-7-3-4-10-28(25)26/h3-16,23H,17-22H2,1-2H3. The fraction of sp³-hybridized carbons (Fsp3) is 0.290. The number of fused-ring (bicyclic) bond motifs is 1. The SMILES string of the molecule is CC(C)OC(=O)c1cccnc1N1CCN(Cc2ccc(OCc3cccc4ccccc34)cc2)CC1. The highest BCUT2D eigenvalue weighted by molar-refractivity contribution is 5.95. The number of carbonyl (C=O) groups is 1. The molecule has 190 valence electrons. The van der Waals surface area contributed by atoms with Crippen LogP contribution >= 0.6 is 0 Å². The van der Waals surface area contributed by atoms with Crippen LogP contribution in [0, 0.1) is 0 Å². The third-order valence-electron chi connectivity index (χ3n) is 6.62. The second-order valence-corrected chi connectivity index (χ2v) is 9.66. The van der Waals surface area contributed by atoms with E-state index in [-0.39, 0.29) is 12.1 Å². The van der Waals surface area contributed by atoms with E-state index >= 15 is 0 Å². The number of hydrogen-bond acceptors (Lipinski definition) is 6. The van der Waals surface area contributed by atoms with Gasteiger partial charge >= 0.3 is 5.97 Å². The van der Waals surface area contributed by atoms with Gasteiger partial charge in [0, 0.05) is 38.9 Å². The summed E-state index contributed by atoms with van der Waals surface area (Å²) in [6, 6.07) is 26.7. The van der Waals surface area contributed by atoms with E-state index < -0.39 is 0 Å². The molecule has 2 heterocycles. The molecule has 0 radical (unpaired) electrons. The van der Waals surface area contributed by atoms with Crippen molar-refractivity contribution in [2.45, 2.75) is 33.1 Å². The maximum absolute atomic E-state index is 12.5. The molecule has 0 aliphatic carbocycles. The second kappa shape index (κ2) is 11.4. The molecule has 6 nitrogen and oxygen atoms in total. The van der Waals surface area contributed by atoms with Crippen molar-refractivity contribution < 1.29 is 14.3 Å². The van der Waals surface area contributed by atoms with E-state index in [1.54, 1.807) is 18.3 Å². The molecule has 1 saturated heterocycles. The highest BCUT2D eigenvalue weighted by atomic mass is 16.5. The Kier molecular flexibility index (Phi) is 7.66. The average Bonchev–Trinajstić information content (AvgIpc) is 2.93. The van der Waals surface area contributed by atoms with Crippen molar-refractivity contribution in [2.24, 2.45) is 0 Å². The molecule has 1 aliphatic heterocycles. The Morgan fingerprint density at radius 3 is 2.43 bits per heavy atom. The molecule has 0 N–H and O–H groups in total. The third-order valence-corrected chi connectivity index (χ3v) is 6.62. The summed E-state index contributed by atoms with van der Waals surface area (Å²) < 4.78 is 11.5. The Bertz CT molecular complexity index is 1340. The van der Waals surface area contributed by atoms with Gasteiger partial charge in [0.25, 0.3) is 0 Å². The van der Waals surface area contributed by atoms with E-state index in [9.17, 15) is 4.79 Å². The molecule has 0 spiro atoms. The topological polar surface area (TPSA) is 54.9 Å². The van der Waals surface area contributed by atoms with Crippen LogP contribution in [-0.4, -0.2) is 48.1 Å². The minimum absolute atomic E-state index is 0.160. The van der Waals surface area contributed by atoms with E-state index in [1.165, 1.54) is 21.9 Å². The van der Waals surface area contributed by atoms with E-state index in [2.05, 4.69) is 81.5 Å². The Balaban J connectivity index is 1.14. The van der Waals surface area contributed by atoms with Crippen LogP contribution < -0.4 is 9.64 Å². The van der Waals surface area contributed by atoms with Crippen molar-refractivity contribution in [1.82, 2.24) is 9.88 Å². The Labute approximate surface area is 218 Å². The first-order valence-electron chi connectivity index (χ1n) is 12.9. The summed E-state index contributed by atoms with van der Waals surface area (Å²) in [6.07, 6.45) is 1.57. The predicted molar refractivity (Wildman–Crippen MR) is 147 cm³/mol. The molecule has 6 heteroatoms. The Morgan fingerprint density at radius 2 is 1.65 bits per heavy atom. The predicted octanol–water partition coefficient (Wildman–Crippen LogP) is 5.70. The molecule has 0 atom stereocenters. The van der Waals surface area contributed by atoms with Gasteiger partial charge in [0.15, 0.2) is 0 Å². The highest BCUT2D eigenvalue weighted by Crippen LogP contribution is 2.23. The molecular formula is C31H33N3O3. The van der Waals surface area contributed by atoms with Gasteiger partial charge in [-0.3, -0.25) is 4.90 Å². The summed E-state index contributed by atoms with van der Waals surface area (Å²) in [6.45, 7) is 8.55. The second-order valence-electron chi connectivity index (χ2n) is 9.66. The van der Waals surface area contributed by atoms with Crippen LogP contribution in [0.3, 0.4) is 0 Å². The first-order valence-corrected chi connectivity index (χ1v) is 12.9. The number of aromatic nitrogens is 1. The van der Waals surface area contributed by atoms with Gasteiger partial charge in [0.05, 0.1) is 6.10 Å². The molecule has 3 aromatic carbocycles. The lowest BCUT2D eigenvalue weighted by atomic mass is 10.1. The van der Waals surface area contributed by atoms with Crippen molar-refractivity contribution in [2.75, 3.05) is 31.1 Å². The lowest BCUT2D eigenvalue weighted by Gasteiger charge is -2.36. The summed E-state index contributed by atoms with van der Waals surface area (Å²) in [7, 11) is 0. The largest absolute Gasteiger partial charge is 0.489 e. The van der Waals surface area contributed by atoms with Crippen LogP contribution in [0.5, 0.6) is 5.75 Å². The van der Waals surface area contributed by atoms with Gasteiger partial charge < -0.3 is 14.4 Å². The van der Waals surface area contributed by atoms with Gasteiger partial charge in [-0.05, 0) is 60.0 Å². The number of piperazine rings is 1. The summed E-state index contributed by atoms with van der Waals surface area (Å²) in [4.78, 5) is 21.6. The zero-order chi connectivity index (χ0) is 25.6. The number of benzene rings is 3. The Hall–Kier alpha value is -3.90. The van der Waals surface area contributed by atoms with Crippen molar-refractivity contribution in [3.05, 3.63) is 102 Å². The van der Waals surface area contributed by atoms with Crippen molar-refractivity contribution in [3.63, 3.8) is 0 Å². The van der Waals surface area contributed by atoms with Crippen LogP contribution in [0.15, 0.2) is 85.1 Å². The normalized spacial score (nSPS) is 14.2. The molecule has 1 aromatic heterocycles. The molecule has 0 unspecified atom stereocenters. The number of anilines is 1. The summed E-state index contributed by atoms with van der Waals surface area (Å²) in [5.41, 5.74) is 2.97. The van der Waals surface area contributed by atoms with Gasteiger partial charge in [-0.2, -0.15) is 0 Å². The van der Waals surface area contributed by atoms with Gasteiger partial charge in [-0.15, -0.1) is 0 Å². The number of nitrogens with zero attached hydrogens (tertiary/aromatic N) is 3. The minimum Gasteiger partial charge on any atom is -0.489 e. The fourth-order valence-electron chi connectivity index (χ4n) is 4.73. The lowest BCUT2D eigenvalue weighted by Crippen LogP contribution is -2.46. The molecule has 4 aromatic rings. The molecule has 0 amide bonds. The monoisotopic (exact) mass is 495 g/mol. The van der Waals surface area contributed by atoms with Crippen molar-refractivity contribution >= 4 is 22.6 Å². The van der Waals surface area contributed by atoms with Gasteiger partial charge in [0.1, 0.15) is 23.7 Å². The molecule has 0 saturated carbocycles. The number of rotatable bonds is 8. The average molecular weight is 496 g/mol. The number of hydrogen-bond donors (Lipinski definition) is 0. The highest BCUT2D eigenvalue weighted by Gasteiger charge is 2.23. The van der Waals surface area contributed by atoms with E-state index in [4.69, 9.17) is 9.47 Å². The number of esters is 1. The van der Waals surface area contributed by atoms with E-state index in [1.807, 2.05) is 13.8 Å². The Morgan fingerprint density at radius 1 is 0.892 bits per heavy atom. The first-order chi connectivity index (χ1) is 18.1. The summed E-state index contributed by atoms with van der Waals surface area (Å²) in [5.74, 6) is 1.27. The zero-order valence-corrected chi connectivity index (χ0v) is 21.5. The summed E-state index contributed by atoms with van der Waals surface area (Å²) in [5, 5.41) is 2.46. The molecular weight excluding hydrogens is 462 g/mol. The van der Waals surface area contributed by atoms with Crippen LogP contribution in [0.25, 0.3) is 10.8 Å². The lowest BCUT2D eigenvalue weighted by molar-refractivity contribution is 0.0378. The first kappa shape index (κ1) is 24.8. The van der Waals surface area contributed by atoms with Gasteiger partial charge in [-0.25, -0.2) is 9.78 Å². The number of ether oxygens (including phenoxy) is 2. The molecule has 1 aliphatic rings. The van der Waals surface area contributed by atoms with Crippen molar-refractivity contribution in [1.29, 1.82) is 0 Å². The zero-order valence-electron chi connectivity index (χ0n) is 21.5. The van der Waals surface area contributed by atoms with Crippen LogP contribution in [0.2, 0.25) is 0 Å². The molecule has 5 rings (SSSR count). The maximum Gasteiger partial charge on any atom is 0.342 e. The quantitative estimate of drug-likeness (QED) is 0.292. The maximum atomic E-state index is 12.5. The minimum atomic E-state index is -0.316. The molecule has 0 bridgehead atoms. The van der Waals surface area contributed by atoms with E-state index in [0.29, 0.717) is 18.0 Å². The number of carbonyl (C=O) groups excluding carboxylic acids is 1. The van der Waals surface area contributed by atoms with Gasteiger partial charge in [0.2, 0.25) is 0 Å². The summed E-state index contributed by atoms with van der Waals surface area (Å²) >= 11 is 0. The van der Waals surface area contributed by atoms with E-state index in [0.717, 1.165) is 38.5 Å². The van der Waals surface area contributed by atoms with Gasteiger partial charge in [-0.1, -0.05) is 54.6 Å².